The fourth-order valence-electron chi connectivity index (χ4n) is 4.69. The number of morpholine rings is 1. The Labute approximate surface area is 215 Å². The highest BCUT2D eigenvalue weighted by atomic mass is 16.5. The molecule has 9 heteroatoms. The minimum absolute atomic E-state index is 0.204. The van der Waals surface area contributed by atoms with Crippen LogP contribution in [0.1, 0.15) is 35.1 Å². The highest BCUT2D eigenvalue weighted by Gasteiger charge is 2.42. The van der Waals surface area contributed by atoms with Gasteiger partial charge < -0.3 is 19.5 Å². The topological polar surface area (TPSA) is 96.6 Å². The van der Waals surface area contributed by atoms with Crippen LogP contribution >= 0.6 is 0 Å². The number of imidazole rings is 1. The third-order valence-corrected chi connectivity index (χ3v) is 6.73. The number of rotatable bonds is 5. The molecule has 0 saturated carbocycles. The number of ether oxygens (including phenoxy) is 2. The number of esters is 1. The maximum atomic E-state index is 12.7. The average Bonchev–Trinajstić information content (AvgIpc) is 3.41. The van der Waals surface area contributed by atoms with E-state index in [4.69, 9.17) is 9.47 Å². The predicted octanol–water partition coefficient (Wildman–Crippen LogP) is 1.95. The normalized spacial score (nSPS) is 20.2. The van der Waals surface area contributed by atoms with E-state index in [1.165, 1.54) is 4.90 Å². The van der Waals surface area contributed by atoms with Crippen LogP contribution in [-0.4, -0.2) is 88.3 Å². The number of nitrogens with zero attached hydrogens (tertiary/aromatic N) is 4. The van der Waals surface area contributed by atoms with E-state index in [1.807, 2.05) is 36.5 Å². The van der Waals surface area contributed by atoms with Gasteiger partial charge in [-0.05, 0) is 36.8 Å². The summed E-state index contributed by atoms with van der Waals surface area (Å²) in [6.45, 7) is 6.43. The Morgan fingerprint density at radius 1 is 1.22 bits per heavy atom. The van der Waals surface area contributed by atoms with Crippen molar-refractivity contribution in [3.63, 3.8) is 0 Å². The largest absolute Gasteiger partial charge is 0.460 e. The van der Waals surface area contributed by atoms with Crippen LogP contribution in [-0.2, 0) is 20.8 Å². The summed E-state index contributed by atoms with van der Waals surface area (Å²) < 4.78 is 12.5. The lowest BCUT2D eigenvalue weighted by Gasteiger charge is -2.26. The van der Waals surface area contributed by atoms with Gasteiger partial charge in [0, 0.05) is 57.0 Å². The zero-order valence-corrected chi connectivity index (χ0v) is 21.1. The Morgan fingerprint density at radius 3 is 2.76 bits per heavy atom. The van der Waals surface area contributed by atoms with Crippen molar-refractivity contribution < 1.29 is 24.2 Å². The molecule has 2 fully saturated rings. The van der Waals surface area contributed by atoms with Crippen LogP contribution in [0, 0.1) is 11.8 Å². The van der Waals surface area contributed by atoms with Crippen molar-refractivity contribution in [3.8, 4) is 23.1 Å². The van der Waals surface area contributed by atoms with Gasteiger partial charge in [-0.15, -0.1) is 0 Å². The molecule has 3 aromatic rings. The first-order valence-corrected chi connectivity index (χ1v) is 12.5. The fraction of sp³-hybridized carbons (Fsp3) is 0.393. The van der Waals surface area contributed by atoms with Crippen LogP contribution in [0.15, 0.2) is 42.6 Å². The first-order chi connectivity index (χ1) is 17.9. The number of pyridine rings is 1. The molecule has 0 aliphatic carbocycles. The molecule has 192 valence electrons. The molecule has 0 spiro atoms. The Bertz CT molecular complexity index is 1400. The zero-order valence-electron chi connectivity index (χ0n) is 21.1. The minimum Gasteiger partial charge on any atom is -0.460 e. The number of aromatic nitrogens is 2. The molecule has 1 N–H and O–H groups in total. The summed E-state index contributed by atoms with van der Waals surface area (Å²) in [7, 11) is 1.65. The van der Waals surface area contributed by atoms with Gasteiger partial charge in [-0.1, -0.05) is 24.0 Å². The van der Waals surface area contributed by atoms with Gasteiger partial charge in [-0.25, -0.2) is 9.78 Å². The highest BCUT2D eigenvalue weighted by molar-refractivity contribution is 5.92. The van der Waals surface area contributed by atoms with Crippen molar-refractivity contribution in [2.45, 2.75) is 25.5 Å². The van der Waals surface area contributed by atoms with Gasteiger partial charge in [0.2, 0.25) is 11.4 Å². The van der Waals surface area contributed by atoms with E-state index < -0.39 is 11.6 Å². The number of hydrogen-bond acceptors (Lipinski definition) is 7. The van der Waals surface area contributed by atoms with Crippen LogP contribution in [0.2, 0.25) is 0 Å². The maximum Gasteiger partial charge on any atom is 0.374 e. The predicted molar refractivity (Wildman–Crippen MR) is 137 cm³/mol. The lowest BCUT2D eigenvalue weighted by Crippen LogP contribution is -2.37. The fourth-order valence-corrected chi connectivity index (χ4v) is 4.69. The van der Waals surface area contributed by atoms with Crippen LogP contribution in [0.3, 0.4) is 0 Å². The molecule has 2 aliphatic heterocycles. The van der Waals surface area contributed by atoms with Gasteiger partial charge in [-0.3, -0.25) is 14.1 Å². The number of likely N-dealkylation sites (tertiary alicyclic amines) is 1. The van der Waals surface area contributed by atoms with Gasteiger partial charge in [0.25, 0.3) is 5.91 Å². The van der Waals surface area contributed by atoms with Crippen LogP contribution in [0.25, 0.3) is 16.8 Å². The molecule has 4 heterocycles. The number of fused-ring (bicyclic) bond motifs is 1. The molecule has 5 rings (SSSR count). The third kappa shape index (κ3) is 5.09. The van der Waals surface area contributed by atoms with Crippen LogP contribution in [0.5, 0.6) is 0 Å². The van der Waals surface area contributed by atoms with Crippen molar-refractivity contribution in [1.82, 2.24) is 19.2 Å². The number of aliphatic hydroxyl groups is 1. The van der Waals surface area contributed by atoms with E-state index in [9.17, 15) is 14.7 Å². The number of amides is 1. The molecular weight excluding hydrogens is 472 g/mol. The second-order valence-corrected chi connectivity index (χ2v) is 9.35. The number of benzene rings is 1. The Morgan fingerprint density at radius 2 is 2.03 bits per heavy atom. The first kappa shape index (κ1) is 25.0. The molecule has 9 nitrogen and oxygen atoms in total. The summed E-state index contributed by atoms with van der Waals surface area (Å²) >= 11 is 0. The first-order valence-electron chi connectivity index (χ1n) is 12.5. The monoisotopic (exact) mass is 502 g/mol. The van der Waals surface area contributed by atoms with E-state index in [-0.39, 0.29) is 24.8 Å². The smallest absolute Gasteiger partial charge is 0.374 e. The van der Waals surface area contributed by atoms with Crippen molar-refractivity contribution in [3.05, 3.63) is 59.5 Å². The van der Waals surface area contributed by atoms with Crippen LogP contribution < -0.4 is 0 Å². The molecule has 1 atom stereocenters. The standard InChI is InChI=1S/C28H30N4O5/c1-3-37-26(33)25-29-24(23-18-21(8-11-32(23)25)19-31-13-15-36-16-14-31)22-6-4-5-20(17-22)7-9-28(35)10-12-30(2)27(28)34/h4-6,8,11,17-18,35H,3,10,12-16,19H2,1-2H3/t28-/m0/s1. The maximum absolute atomic E-state index is 12.7. The second kappa shape index (κ2) is 10.3. The third-order valence-electron chi connectivity index (χ3n) is 6.73. The van der Waals surface area contributed by atoms with E-state index in [2.05, 4.69) is 27.8 Å². The molecule has 2 aromatic heterocycles. The van der Waals surface area contributed by atoms with Gasteiger partial charge in [0.1, 0.15) is 0 Å². The summed E-state index contributed by atoms with van der Waals surface area (Å²) in [5, 5.41) is 10.7. The quantitative estimate of drug-likeness (QED) is 0.421. The number of carbonyl (C=O) groups is 2. The molecule has 0 radical (unpaired) electrons. The molecular formula is C28H30N4O5. The van der Waals surface area contributed by atoms with Crippen molar-refractivity contribution in [2.24, 2.45) is 0 Å². The van der Waals surface area contributed by atoms with Gasteiger partial charge in [0.05, 0.1) is 31.0 Å². The molecule has 1 amide bonds. The SMILES string of the molecule is CCOC(=O)c1nc(-c2cccc(C#C[C@]3(O)CCN(C)C3=O)c2)c2cc(CN3CCOCC3)ccn12. The summed E-state index contributed by atoms with van der Waals surface area (Å²) in [6.07, 6.45) is 2.13. The summed E-state index contributed by atoms with van der Waals surface area (Å²) in [5.74, 6) is 5.05. The lowest BCUT2D eigenvalue weighted by atomic mass is 10.0. The molecule has 2 saturated heterocycles. The number of carbonyl (C=O) groups excluding carboxylic acids is 2. The molecule has 2 aliphatic rings. The molecule has 0 unspecified atom stereocenters. The highest BCUT2D eigenvalue weighted by Crippen LogP contribution is 2.28. The number of hydrogen-bond donors (Lipinski definition) is 1. The van der Waals surface area contributed by atoms with Gasteiger partial charge in [0.15, 0.2) is 0 Å². The van der Waals surface area contributed by atoms with Crippen molar-refractivity contribution in [2.75, 3.05) is 46.5 Å². The van der Waals surface area contributed by atoms with E-state index in [0.717, 1.165) is 49.5 Å². The average molecular weight is 503 g/mol. The summed E-state index contributed by atoms with van der Waals surface area (Å²) in [5.41, 5.74) is 2.25. The Kier molecular flexibility index (Phi) is 6.98. The zero-order chi connectivity index (χ0) is 26.0. The van der Waals surface area contributed by atoms with E-state index >= 15 is 0 Å². The second-order valence-electron chi connectivity index (χ2n) is 9.35. The lowest BCUT2D eigenvalue weighted by molar-refractivity contribution is -0.137. The Hall–Kier alpha value is -3.71. The molecule has 37 heavy (non-hydrogen) atoms. The van der Waals surface area contributed by atoms with Gasteiger partial charge >= 0.3 is 5.97 Å². The van der Waals surface area contributed by atoms with E-state index in [0.29, 0.717) is 17.8 Å². The number of likely N-dealkylation sites (N-methyl/N-ethyl adjacent to an activating group) is 1. The van der Waals surface area contributed by atoms with Crippen LogP contribution in [0.4, 0.5) is 0 Å². The molecule has 1 aromatic carbocycles. The Balaban J connectivity index is 1.53. The minimum atomic E-state index is -1.67. The van der Waals surface area contributed by atoms with E-state index in [1.54, 1.807) is 18.4 Å². The summed E-state index contributed by atoms with van der Waals surface area (Å²) in [4.78, 5) is 33.5. The summed E-state index contributed by atoms with van der Waals surface area (Å²) in [6, 6.07) is 11.5. The van der Waals surface area contributed by atoms with Crippen molar-refractivity contribution in [1.29, 1.82) is 0 Å². The van der Waals surface area contributed by atoms with Crippen molar-refractivity contribution >= 4 is 17.4 Å². The van der Waals surface area contributed by atoms with Gasteiger partial charge in [-0.2, -0.15) is 0 Å². The molecule has 0 bridgehead atoms.